The molecule has 5 heteroatoms. The van der Waals surface area contributed by atoms with Crippen LogP contribution in [0, 0.1) is 0 Å². The van der Waals surface area contributed by atoms with Crippen LogP contribution in [0.1, 0.15) is 25.1 Å². The molecular formula is C43H31N5. The first-order chi connectivity index (χ1) is 23.6. The van der Waals surface area contributed by atoms with E-state index in [0.29, 0.717) is 5.82 Å². The summed E-state index contributed by atoms with van der Waals surface area (Å²) in [4.78, 5) is 18.9. The van der Waals surface area contributed by atoms with E-state index in [0.717, 1.165) is 44.8 Å². The predicted octanol–water partition coefficient (Wildman–Crippen LogP) is 10.2. The van der Waals surface area contributed by atoms with Crippen molar-refractivity contribution >= 4 is 10.9 Å². The molecule has 0 bridgehead atoms. The van der Waals surface area contributed by atoms with Crippen LogP contribution in [-0.4, -0.2) is 24.5 Å². The SMILES string of the molecule is CC1(C)c2cc(-c3cccc(-c4nc(-c5ccccc5)cc(-c5ccccc5)n4)c3)ccc2-n2c1c(-c1cncnc1)c1ccccc12. The molecule has 5 aromatic carbocycles. The molecule has 0 atom stereocenters. The lowest BCUT2D eigenvalue weighted by Gasteiger charge is -2.22. The average Bonchev–Trinajstić information content (AvgIpc) is 3.62. The van der Waals surface area contributed by atoms with Crippen LogP contribution in [0.15, 0.2) is 152 Å². The molecule has 3 aromatic heterocycles. The van der Waals surface area contributed by atoms with Crippen LogP contribution < -0.4 is 0 Å². The Kier molecular flexibility index (Phi) is 6.40. The van der Waals surface area contributed by atoms with Gasteiger partial charge in [0.1, 0.15) is 6.33 Å². The molecule has 1 aliphatic heterocycles. The monoisotopic (exact) mass is 617 g/mol. The molecule has 0 spiro atoms. The van der Waals surface area contributed by atoms with Crippen LogP contribution in [-0.2, 0) is 5.41 Å². The standard InChI is InChI=1S/C43H31N5/c1-43(2)35-23-31(20-21-39(35)48-38-19-10-9-18-34(38)40(41(43)48)33-25-44-27-45-26-33)30-16-11-17-32(22-30)42-46-36(28-12-5-3-6-13-28)24-37(47-42)29-14-7-4-8-15-29/h3-27H,1-2H3. The maximum atomic E-state index is 5.08. The Balaban J connectivity index is 1.17. The van der Waals surface area contributed by atoms with Gasteiger partial charge in [-0.2, -0.15) is 0 Å². The number of hydrogen-bond donors (Lipinski definition) is 0. The molecule has 0 saturated heterocycles. The second-order valence-electron chi connectivity index (χ2n) is 12.8. The predicted molar refractivity (Wildman–Crippen MR) is 194 cm³/mol. The van der Waals surface area contributed by atoms with Crippen LogP contribution in [0.2, 0.25) is 0 Å². The summed E-state index contributed by atoms with van der Waals surface area (Å²) in [5.41, 5.74) is 14.1. The number of fused-ring (bicyclic) bond motifs is 5. The van der Waals surface area contributed by atoms with Gasteiger partial charge in [-0.15, -0.1) is 0 Å². The Morgan fingerprint density at radius 2 is 1.12 bits per heavy atom. The second kappa shape index (κ2) is 11.0. The fourth-order valence-corrected chi connectivity index (χ4v) is 7.27. The molecule has 48 heavy (non-hydrogen) atoms. The van der Waals surface area contributed by atoms with Crippen molar-refractivity contribution in [1.82, 2.24) is 24.5 Å². The molecule has 9 rings (SSSR count). The summed E-state index contributed by atoms with van der Waals surface area (Å²) in [7, 11) is 0. The molecule has 0 aliphatic carbocycles. The molecule has 5 nitrogen and oxygen atoms in total. The Bertz CT molecular complexity index is 2410. The van der Waals surface area contributed by atoms with E-state index in [1.54, 1.807) is 6.33 Å². The van der Waals surface area contributed by atoms with E-state index in [9.17, 15) is 0 Å². The molecular weight excluding hydrogens is 587 g/mol. The lowest BCUT2D eigenvalue weighted by Crippen LogP contribution is -2.16. The molecule has 0 radical (unpaired) electrons. The van der Waals surface area contributed by atoms with Crippen molar-refractivity contribution in [3.8, 4) is 61.8 Å². The van der Waals surface area contributed by atoms with Gasteiger partial charge >= 0.3 is 0 Å². The third-order valence-electron chi connectivity index (χ3n) is 9.55. The fraction of sp³-hybridized carbons (Fsp3) is 0.0698. The summed E-state index contributed by atoms with van der Waals surface area (Å²) in [6.07, 6.45) is 5.43. The molecule has 0 saturated carbocycles. The van der Waals surface area contributed by atoms with Gasteiger partial charge in [0.2, 0.25) is 0 Å². The molecule has 1 aliphatic rings. The van der Waals surface area contributed by atoms with Crippen molar-refractivity contribution < 1.29 is 0 Å². The van der Waals surface area contributed by atoms with E-state index in [1.165, 1.54) is 33.4 Å². The lowest BCUT2D eigenvalue weighted by atomic mass is 9.79. The van der Waals surface area contributed by atoms with Gasteiger partial charge in [-0.3, -0.25) is 0 Å². The van der Waals surface area contributed by atoms with Crippen molar-refractivity contribution in [3.05, 3.63) is 163 Å². The highest BCUT2D eigenvalue weighted by Crippen LogP contribution is 2.52. The van der Waals surface area contributed by atoms with E-state index in [-0.39, 0.29) is 5.41 Å². The van der Waals surface area contributed by atoms with Crippen molar-refractivity contribution in [1.29, 1.82) is 0 Å². The van der Waals surface area contributed by atoms with Gasteiger partial charge in [0, 0.05) is 56.7 Å². The number of rotatable bonds is 5. The van der Waals surface area contributed by atoms with Crippen LogP contribution >= 0.6 is 0 Å². The zero-order valence-corrected chi connectivity index (χ0v) is 26.7. The van der Waals surface area contributed by atoms with Crippen LogP contribution in [0.25, 0.3) is 72.7 Å². The van der Waals surface area contributed by atoms with Gasteiger partial charge < -0.3 is 4.57 Å². The summed E-state index contributed by atoms with van der Waals surface area (Å²) >= 11 is 0. The Hall–Kier alpha value is -6.20. The number of aromatic nitrogens is 5. The summed E-state index contributed by atoms with van der Waals surface area (Å²) in [6.45, 7) is 4.65. The summed E-state index contributed by atoms with van der Waals surface area (Å²) in [6, 6.07) is 46.8. The number of nitrogens with zero attached hydrogens (tertiary/aromatic N) is 5. The minimum Gasteiger partial charge on any atom is -0.312 e. The van der Waals surface area contributed by atoms with E-state index in [1.807, 2.05) is 48.8 Å². The molecule has 0 amide bonds. The molecule has 8 aromatic rings. The quantitative estimate of drug-likeness (QED) is 0.193. The first kappa shape index (κ1) is 28.1. The summed E-state index contributed by atoms with van der Waals surface area (Å²) in [5.74, 6) is 0.704. The normalized spacial score (nSPS) is 13.0. The minimum atomic E-state index is -0.259. The molecule has 0 N–H and O–H groups in total. The lowest BCUT2D eigenvalue weighted by molar-refractivity contribution is 0.646. The smallest absolute Gasteiger partial charge is 0.160 e. The molecule has 0 fully saturated rings. The van der Waals surface area contributed by atoms with E-state index >= 15 is 0 Å². The third kappa shape index (κ3) is 4.47. The van der Waals surface area contributed by atoms with Crippen molar-refractivity contribution in [3.63, 3.8) is 0 Å². The van der Waals surface area contributed by atoms with E-state index < -0.39 is 0 Å². The fourth-order valence-electron chi connectivity index (χ4n) is 7.27. The number of hydrogen-bond acceptors (Lipinski definition) is 4. The van der Waals surface area contributed by atoms with Gasteiger partial charge in [-0.05, 0) is 47.0 Å². The molecule has 4 heterocycles. The first-order valence-electron chi connectivity index (χ1n) is 16.2. The Labute approximate surface area is 279 Å². The highest BCUT2D eigenvalue weighted by Gasteiger charge is 2.40. The Morgan fingerprint density at radius 1 is 0.521 bits per heavy atom. The number of benzene rings is 5. The van der Waals surface area contributed by atoms with E-state index in [4.69, 9.17) is 9.97 Å². The van der Waals surface area contributed by atoms with Crippen LogP contribution in [0.3, 0.4) is 0 Å². The summed E-state index contributed by atoms with van der Waals surface area (Å²) in [5, 5.41) is 1.21. The second-order valence-corrected chi connectivity index (χ2v) is 12.8. The van der Waals surface area contributed by atoms with Crippen molar-refractivity contribution in [2.24, 2.45) is 0 Å². The maximum Gasteiger partial charge on any atom is 0.160 e. The summed E-state index contributed by atoms with van der Waals surface area (Å²) < 4.78 is 2.43. The highest BCUT2D eigenvalue weighted by molar-refractivity contribution is 6.01. The van der Waals surface area contributed by atoms with Gasteiger partial charge in [0.05, 0.1) is 22.6 Å². The van der Waals surface area contributed by atoms with Gasteiger partial charge in [0.25, 0.3) is 0 Å². The highest BCUT2D eigenvalue weighted by atomic mass is 15.0. The zero-order valence-electron chi connectivity index (χ0n) is 26.7. The van der Waals surface area contributed by atoms with Crippen LogP contribution in [0.5, 0.6) is 0 Å². The number of para-hydroxylation sites is 1. The zero-order chi connectivity index (χ0) is 32.2. The van der Waals surface area contributed by atoms with Gasteiger partial charge in [0.15, 0.2) is 5.82 Å². The molecule has 228 valence electrons. The van der Waals surface area contributed by atoms with Crippen LogP contribution in [0.4, 0.5) is 0 Å². The van der Waals surface area contributed by atoms with Crippen molar-refractivity contribution in [2.75, 3.05) is 0 Å². The van der Waals surface area contributed by atoms with Gasteiger partial charge in [-0.1, -0.05) is 117 Å². The van der Waals surface area contributed by atoms with E-state index in [2.05, 4.69) is 125 Å². The topological polar surface area (TPSA) is 56.5 Å². The average molecular weight is 618 g/mol. The maximum absolute atomic E-state index is 5.08. The largest absolute Gasteiger partial charge is 0.312 e. The third-order valence-corrected chi connectivity index (χ3v) is 9.55. The molecule has 0 unspecified atom stereocenters. The Morgan fingerprint density at radius 3 is 1.83 bits per heavy atom. The minimum absolute atomic E-state index is 0.259. The first-order valence-corrected chi connectivity index (χ1v) is 16.2. The van der Waals surface area contributed by atoms with Gasteiger partial charge in [-0.25, -0.2) is 19.9 Å². The van der Waals surface area contributed by atoms with Crippen molar-refractivity contribution in [2.45, 2.75) is 19.3 Å².